The summed E-state index contributed by atoms with van der Waals surface area (Å²) < 4.78 is 11.5. The summed E-state index contributed by atoms with van der Waals surface area (Å²) in [4.78, 5) is 27.8. The molecule has 1 heterocycles. The Bertz CT molecular complexity index is 1300. The summed E-state index contributed by atoms with van der Waals surface area (Å²) in [5.74, 6) is 0.0561. The Balaban J connectivity index is 1.53. The lowest BCUT2D eigenvalue weighted by atomic mass is 9.79. The number of nitrogens with zero attached hydrogens (tertiary/aromatic N) is 1. The van der Waals surface area contributed by atoms with Crippen LogP contribution in [0.25, 0.3) is 0 Å². The second kappa shape index (κ2) is 13.9. The van der Waals surface area contributed by atoms with Crippen molar-refractivity contribution in [2.75, 3.05) is 19.8 Å². The van der Waals surface area contributed by atoms with E-state index in [0.29, 0.717) is 19.4 Å². The van der Waals surface area contributed by atoms with E-state index in [2.05, 4.69) is 67.2 Å². The van der Waals surface area contributed by atoms with Gasteiger partial charge in [0, 0.05) is 24.9 Å². The van der Waals surface area contributed by atoms with Crippen molar-refractivity contribution in [3.05, 3.63) is 58.7 Å². The van der Waals surface area contributed by atoms with E-state index in [1.807, 2.05) is 24.3 Å². The lowest BCUT2D eigenvalue weighted by Crippen LogP contribution is -2.62. The Kier molecular flexibility index (Phi) is 11.2. The van der Waals surface area contributed by atoms with Gasteiger partial charge >= 0.3 is 11.9 Å². The molecule has 0 aliphatic carbocycles. The molecule has 1 aliphatic heterocycles. The average molecular weight is 610 g/mol. The third kappa shape index (κ3) is 9.47. The number of likely N-dealkylation sites (tertiary alicyclic amines) is 1. The van der Waals surface area contributed by atoms with Gasteiger partial charge < -0.3 is 19.7 Å². The van der Waals surface area contributed by atoms with Crippen LogP contribution in [-0.4, -0.2) is 57.9 Å². The Morgan fingerprint density at radius 2 is 1.25 bits per heavy atom. The maximum absolute atomic E-state index is 12.8. The van der Waals surface area contributed by atoms with Crippen LogP contribution < -0.4 is 0 Å². The molecule has 0 amide bonds. The van der Waals surface area contributed by atoms with Gasteiger partial charge in [0.15, 0.2) is 0 Å². The number of carbonyl (C=O) groups is 2. The number of hydrogen-bond acceptors (Lipinski definition) is 7. The third-order valence-corrected chi connectivity index (χ3v) is 8.98. The molecule has 2 N–H and O–H groups in total. The molecular weight excluding hydrogens is 554 g/mol. The van der Waals surface area contributed by atoms with E-state index < -0.39 is 0 Å². The van der Waals surface area contributed by atoms with Gasteiger partial charge in [-0.3, -0.25) is 14.5 Å². The second-order valence-corrected chi connectivity index (χ2v) is 15.4. The van der Waals surface area contributed by atoms with Crippen molar-refractivity contribution in [3.63, 3.8) is 0 Å². The van der Waals surface area contributed by atoms with Crippen LogP contribution in [-0.2, 0) is 42.7 Å². The van der Waals surface area contributed by atoms with Gasteiger partial charge in [-0.1, -0.05) is 65.8 Å². The van der Waals surface area contributed by atoms with Crippen LogP contribution in [0, 0.1) is 0 Å². The van der Waals surface area contributed by atoms with Gasteiger partial charge in [-0.05, 0) is 98.1 Å². The molecule has 7 nitrogen and oxygen atoms in total. The molecule has 0 saturated carbocycles. The first kappa shape index (κ1) is 35.4. The number of rotatable bonds is 11. The molecule has 3 rings (SSSR count). The summed E-state index contributed by atoms with van der Waals surface area (Å²) >= 11 is 0. The summed E-state index contributed by atoms with van der Waals surface area (Å²) in [6.07, 6.45) is 4.57. The minimum atomic E-state index is -0.364. The Hall–Kier alpha value is -3.06. The van der Waals surface area contributed by atoms with Crippen molar-refractivity contribution < 1.29 is 29.3 Å². The normalized spacial score (nSPS) is 19.0. The number of ether oxygens (including phenoxy) is 2. The maximum atomic E-state index is 12.8. The van der Waals surface area contributed by atoms with Crippen molar-refractivity contribution in [3.8, 4) is 11.5 Å². The smallest absolute Gasteiger partial charge is 0.306 e. The van der Waals surface area contributed by atoms with Gasteiger partial charge in [-0.25, -0.2) is 0 Å². The van der Waals surface area contributed by atoms with E-state index in [1.165, 1.54) is 0 Å². The Morgan fingerprint density at radius 1 is 0.773 bits per heavy atom. The van der Waals surface area contributed by atoms with Crippen LogP contribution >= 0.6 is 0 Å². The number of benzene rings is 2. The number of phenols is 2. The van der Waals surface area contributed by atoms with Crippen LogP contribution in [0.1, 0.15) is 117 Å². The molecule has 0 spiro atoms. The molecule has 0 bridgehead atoms. The summed E-state index contributed by atoms with van der Waals surface area (Å²) in [6.45, 7) is 20.0. The van der Waals surface area contributed by atoms with E-state index >= 15 is 0 Å². The highest BCUT2D eigenvalue weighted by Crippen LogP contribution is 2.39. The zero-order valence-corrected chi connectivity index (χ0v) is 28.5. The molecular formula is C37H55NO6. The summed E-state index contributed by atoms with van der Waals surface area (Å²) in [5.41, 5.74) is 2.86. The van der Waals surface area contributed by atoms with Crippen LogP contribution in [0.3, 0.4) is 0 Å². The number of hydrogen-bond donors (Lipinski definition) is 2. The predicted molar refractivity (Wildman–Crippen MR) is 175 cm³/mol. The van der Waals surface area contributed by atoms with Crippen molar-refractivity contribution in [1.82, 2.24) is 4.90 Å². The quantitative estimate of drug-likeness (QED) is 0.257. The molecule has 7 heteroatoms. The van der Waals surface area contributed by atoms with Crippen molar-refractivity contribution >= 4 is 11.9 Å². The molecule has 1 unspecified atom stereocenters. The van der Waals surface area contributed by atoms with E-state index in [-0.39, 0.29) is 71.4 Å². The molecule has 2 aromatic rings. The van der Waals surface area contributed by atoms with Crippen molar-refractivity contribution in [2.24, 2.45) is 0 Å². The lowest BCUT2D eigenvalue weighted by molar-refractivity contribution is -0.154. The van der Waals surface area contributed by atoms with Crippen LogP contribution in [0.2, 0.25) is 0 Å². The van der Waals surface area contributed by atoms with Gasteiger partial charge in [0.2, 0.25) is 0 Å². The molecule has 0 radical (unpaired) electrons. The number of carbonyl (C=O) groups excluding carboxylic acids is 2. The van der Waals surface area contributed by atoms with Crippen molar-refractivity contribution in [1.29, 1.82) is 0 Å². The van der Waals surface area contributed by atoms with E-state index in [9.17, 15) is 19.8 Å². The first-order valence-corrected chi connectivity index (χ1v) is 16.1. The number of aryl methyl sites for hydroxylation is 2. The fraction of sp³-hybridized carbons (Fsp3) is 0.622. The predicted octanol–water partition coefficient (Wildman–Crippen LogP) is 7.37. The fourth-order valence-electron chi connectivity index (χ4n) is 6.43. The van der Waals surface area contributed by atoms with Crippen LogP contribution in [0.15, 0.2) is 36.4 Å². The minimum absolute atomic E-state index is 0.128. The topological polar surface area (TPSA) is 96.3 Å². The van der Waals surface area contributed by atoms with Gasteiger partial charge in [-0.15, -0.1) is 0 Å². The lowest BCUT2D eigenvalue weighted by Gasteiger charge is -2.53. The highest BCUT2D eigenvalue weighted by atomic mass is 16.5. The largest absolute Gasteiger partial charge is 0.508 e. The first-order chi connectivity index (χ1) is 20.3. The zero-order valence-electron chi connectivity index (χ0n) is 28.5. The summed E-state index contributed by atoms with van der Waals surface area (Å²) in [5, 5.41) is 20.5. The fourth-order valence-corrected chi connectivity index (χ4v) is 6.43. The SMILES string of the molecule is CC(C)(C)c1cc(CCC(=O)OCCN2C(C)(C)CCCC2(C)COC(=O)CCc2ccc(O)c(C(C)(C)C)c2)ccc1O. The molecule has 44 heavy (non-hydrogen) atoms. The highest BCUT2D eigenvalue weighted by Gasteiger charge is 2.44. The average Bonchev–Trinajstić information content (AvgIpc) is 2.91. The van der Waals surface area contributed by atoms with Gasteiger partial charge in [0.1, 0.15) is 24.7 Å². The number of piperidine rings is 1. The minimum Gasteiger partial charge on any atom is -0.508 e. The summed E-state index contributed by atoms with van der Waals surface area (Å²) in [6, 6.07) is 11.1. The molecule has 1 fully saturated rings. The first-order valence-electron chi connectivity index (χ1n) is 16.1. The third-order valence-electron chi connectivity index (χ3n) is 8.98. The van der Waals surface area contributed by atoms with Crippen LogP contribution in [0.4, 0.5) is 0 Å². The highest BCUT2D eigenvalue weighted by molar-refractivity contribution is 5.70. The Morgan fingerprint density at radius 3 is 1.73 bits per heavy atom. The molecule has 2 aromatic carbocycles. The van der Waals surface area contributed by atoms with Crippen molar-refractivity contribution in [2.45, 2.75) is 129 Å². The monoisotopic (exact) mass is 609 g/mol. The van der Waals surface area contributed by atoms with E-state index in [4.69, 9.17) is 9.47 Å². The van der Waals surface area contributed by atoms with Crippen LogP contribution in [0.5, 0.6) is 11.5 Å². The molecule has 244 valence electrons. The molecule has 1 atom stereocenters. The summed E-state index contributed by atoms with van der Waals surface area (Å²) in [7, 11) is 0. The number of phenolic OH excluding ortho intramolecular Hbond substituents is 2. The Labute approximate surface area is 265 Å². The van der Waals surface area contributed by atoms with Gasteiger partial charge in [0.25, 0.3) is 0 Å². The standard InChI is InChI=1S/C37H55NO6/c1-34(2,3)28-23-26(11-15-30(28)39)13-17-32(41)43-22-21-38-36(7,8)19-10-20-37(38,9)25-44-33(42)18-14-27-12-16-31(40)29(24-27)35(4,5)6/h11-12,15-16,23-24,39-40H,10,13-14,17-22,25H2,1-9H3. The number of esters is 2. The van der Waals surface area contributed by atoms with Gasteiger partial charge in [-0.2, -0.15) is 0 Å². The second-order valence-electron chi connectivity index (χ2n) is 15.4. The van der Waals surface area contributed by atoms with Gasteiger partial charge in [0.05, 0.1) is 5.54 Å². The molecule has 0 aromatic heterocycles. The zero-order chi connectivity index (χ0) is 32.9. The number of aromatic hydroxyl groups is 2. The maximum Gasteiger partial charge on any atom is 0.306 e. The van der Waals surface area contributed by atoms with E-state index in [1.54, 1.807) is 12.1 Å². The molecule has 1 saturated heterocycles. The molecule has 1 aliphatic rings. The van der Waals surface area contributed by atoms with E-state index in [0.717, 1.165) is 41.5 Å².